The van der Waals surface area contributed by atoms with Crippen LogP contribution in [0.5, 0.6) is 5.75 Å². The summed E-state index contributed by atoms with van der Waals surface area (Å²) in [5.41, 5.74) is 1.95. The van der Waals surface area contributed by atoms with Crippen molar-refractivity contribution >= 4 is 35.5 Å². The summed E-state index contributed by atoms with van der Waals surface area (Å²) in [6.45, 7) is -0.170. The molecule has 4 N–H and O–H groups in total. The van der Waals surface area contributed by atoms with E-state index >= 15 is 0 Å². The minimum Gasteiger partial charge on any atom is -0.490 e. The maximum absolute atomic E-state index is 13.5. The van der Waals surface area contributed by atoms with Crippen molar-refractivity contribution in [1.29, 1.82) is 0 Å². The van der Waals surface area contributed by atoms with Gasteiger partial charge in [-0.25, -0.2) is 9.59 Å². The second-order valence-electron chi connectivity index (χ2n) is 11.7. The molecule has 4 amide bonds. The zero-order valence-corrected chi connectivity index (χ0v) is 23.9. The fourth-order valence-corrected chi connectivity index (χ4v) is 6.55. The molecule has 2 aromatic carbocycles. The van der Waals surface area contributed by atoms with Gasteiger partial charge in [0.15, 0.2) is 0 Å². The molecule has 228 valence electrons. The van der Waals surface area contributed by atoms with Gasteiger partial charge in [-0.15, -0.1) is 0 Å². The lowest BCUT2D eigenvalue weighted by Crippen LogP contribution is -2.55. The van der Waals surface area contributed by atoms with Crippen LogP contribution in [-0.4, -0.2) is 63.6 Å². The van der Waals surface area contributed by atoms with Crippen LogP contribution in [0.4, 0.5) is 10.5 Å². The molecule has 0 spiro atoms. The van der Waals surface area contributed by atoms with Gasteiger partial charge >= 0.3 is 18.0 Å². The number of hydrogen-bond donors (Lipinski definition) is 4. The lowest BCUT2D eigenvalue weighted by molar-refractivity contribution is -0.145. The Morgan fingerprint density at radius 3 is 2.07 bits per heavy atom. The Morgan fingerprint density at radius 1 is 0.814 bits per heavy atom. The van der Waals surface area contributed by atoms with Crippen LogP contribution in [0, 0.1) is 11.8 Å². The van der Waals surface area contributed by atoms with Gasteiger partial charge in [-0.05, 0) is 105 Å². The molecule has 3 heterocycles. The summed E-state index contributed by atoms with van der Waals surface area (Å²) >= 11 is 0. The first-order valence-electron chi connectivity index (χ1n) is 14.9. The van der Waals surface area contributed by atoms with E-state index in [4.69, 9.17) is 4.74 Å². The highest BCUT2D eigenvalue weighted by molar-refractivity contribution is 6.05. The number of carboxylic acid groups (broad SMARTS) is 2. The van der Waals surface area contributed by atoms with Crippen molar-refractivity contribution in [2.75, 3.05) is 11.9 Å². The Kier molecular flexibility index (Phi) is 9.27. The van der Waals surface area contributed by atoms with E-state index in [2.05, 4.69) is 10.6 Å². The number of hydrogen-bond acceptors (Lipinski definition) is 6. The van der Waals surface area contributed by atoms with Crippen molar-refractivity contribution in [3.05, 3.63) is 59.7 Å². The van der Waals surface area contributed by atoms with E-state index in [1.807, 2.05) is 24.3 Å². The van der Waals surface area contributed by atoms with Gasteiger partial charge in [0.2, 0.25) is 5.91 Å². The van der Waals surface area contributed by atoms with Crippen LogP contribution in [-0.2, 0) is 14.4 Å². The van der Waals surface area contributed by atoms with E-state index in [9.17, 15) is 34.2 Å². The number of nitrogens with zero attached hydrogens (tertiary/aromatic N) is 1. The lowest BCUT2D eigenvalue weighted by Gasteiger charge is -2.38. The smallest absolute Gasteiger partial charge is 0.326 e. The molecule has 2 aliphatic carbocycles. The maximum atomic E-state index is 13.5. The molecule has 7 rings (SSSR count). The van der Waals surface area contributed by atoms with Gasteiger partial charge in [-0.2, -0.15) is 0 Å². The standard InChI is InChI=1S/C32H37N3O8/c36-27-17-18-35(28(31(40)41)21-3-1-19(2-4-21)20-5-11-24(33-27)12-6-20)32(42)34-29(37)22-7-13-25(14-8-22)43-26-15-9-23(10-16-26)30(38)39/h5-8,11-14,19,21,23,26,28H,1-4,9-10,15-18H2,(H,33,36)(H,38,39)(H,40,41)(H,34,37,42). The van der Waals surface area contributed by atoms with Crippen LogP contribution in [0.1, 0.15) is 79.6 Å². The van der Waals surface area contributed by atoms with E-state index < -0.39 is 29.9 Å². The number of nitrogens with one attached hydrogen (secondary N) is 2. The Bertz CT molecular complexity index is 1340. The van der Waals surface area contributed by atoms with Crippen LogP contribution in [0.15, 0.2) is 48.5 Å². The molecule has 5 aliphatic rings. The van der Waals surface area contributed by atoms with Crippen molar-refractivity contribution < 1.29 is 38.9 Å². The van der Waals surface area contributed by atoms with Crippen molar-refractivity contribution in [1.82, 2.24) is 10.2 Å². The number of fused-ring (bicyclic) bond motifs is 2. The molecular weight excluding hydrogens is 554 g/mol. The molecule has 4 bridgehead atoms. The Balaban J connectivity index is 1.26. The molecule has 11 heteroatoms. The average Bonchev–Trinajstić information content (AvgIpc) is 3.00. The highest BCUT2D eigenvalue weighted by Crippen LogP contribution is 2.39. The maximum Gasteiger partial charge on any atom is 0.326 e. The number of imide groups is 1. The molecule has 0 aromatic heterocycles. The largest absolute Gasteiger partial charge is 0.490 e. The van der Waals surface area contributed by atoms with Crippen molar-refractivity contribution in [3.8, 4) is 5.75 Å². The molecule has 1 unspecified atom stereocenters. The molecule has 0 radical (unpaired) electrons. The van der Waals surface area contributed by atoms with Gasteiger partial charge in [0.25, 0.3) is 5.91 Å². The third kappa shape index (κ3) is 7.33. The zero-order valence-electron chi connectivity index (χ0n) is 23.9. The predicted molar refractivity (Wildman–Crippen MR) is 156 cm³/mol. The van der Waals surface area contributed by atoms with Gasteiger partial charge in [-0.1, -0.05) is 12.1 Å². The minimum absolute atomic E-state index is 0.112. The molecule has 43 heavy (non-hydrogen) atoms. The van der Waals surface area contributed by atoms with E-state index in [-0.39, 0.29) is 48.3 Å². The summed E-state index contributed by atoms with van der Waals surface area (Å²) in [5, 5.41) is 24.5. The number of anilines is 1. The second-order valence-corrected chi connectivity index (χ2v) is 11.7. The lowest BCUT2D eigenvalue weighted by atomic mass is 9.75. The summed E-state index contributed by atoms with van der Waals surface area (Å²) in [6.07, 6.45) is 4.87. The molecule has 2 saturated carbocycles. The summed E-state index contributed by atoms with van der Waals surface area (Å²) in [6, 6.07) is 11.9. The Morgan fingerprint density at radius 2 is 1.47 bits per heavy atom. The third-order valence-electron chi connectivity index (χ3n) is 8.98. The average molecular weight is 592 g/mol. The first-order valence-corrected chi connectivity index (χ1v) is 14.9. The van der Waals surface area contributed by atoms with Crippen LogP contribution in [0.25, 0.3) is 0 Å². The predicted octanol–water partition coefficient (Wildman–Crippen LogP) is 4.63. The zero-order chi connectivity index (χ0) is 30.5. The Hall–Kier alpha value is -4.41. The van der Waals surface area contributed by atoms with E-state index in [1.54, 1.807) is 12.1 Å². The molecule has 2 aromatic rings. The van der Waals surface area contributed by atoms with Crippen LogP contribution in [0.2, 0.25) is 0 Å². The third-order valence-corrected chi connectivity index (χ3v) is 8.98. The van der Waals surface area contributed by atoms with Gasteiger partial charge < -0.3 is 25.2 Å². The van der Waals surface area contributed by atoms with Crippen LogP contribution >= 0.6 is 0 Å². The normalized spacial score (nSPS) is 25.7. The van der Waals surface area contributed by atoms with E-state index in [1.165, 1.54) is 12.1 Å². The molecule has 3 aliphatic heterocycles. The molecular formula is C32H37N3O8. The van der Waals surface area contributed by atoms with E-state index in [0.29, 0.717) is 50.0 Å². The monoisotopic (exact) mass is 591 g/mol. The fourth-order valence-electron chi connectivity index (χ4n) is 6.55. The number of carbonyl (C=O) groups excluding carboxylic acids is 3. The topological polar surface area (TPSA) is 162 Å². The minimum atomic E-state index is -1.18. The summed E-state index contributed by atoms with van der Waals surface area (Å²) in [4.78, 5) is 64.0. The number of carbonyl (C=O) groups is 5. The Labute approximate surface area is 249 Å². The first-order chi connectivity index (χ1) is 20.7. The van der Waals surface area contributed by atoms with Crippen molar-refractivity contribution in [3.63, 3.8) is 0 Å². The fraction of sp³-hybridized carbons (Fsp3) is 0.469. The number of aliphatic carboxylic acids is 2. The van der Waals surface area contributed by atoms with Crippen molar-refractivity contribution in [2.24, 2.45) is 11.8 Å². The SMILES string of the molecule is O=C1CCN(C(=O)NC(=O)c2ccc(OC3CCC(C(=O)O)CC3)cc2)C(C(=O)O)C2CCC(CC2)c2ccc(cc2)N1. The molecule has 11 nitrogen and oxygen atoms in total. The van der Waals surface area contributed by atoms with Gasteiger partial charge in [0, 0.05) is 24.2 Å². The van der Waals surface area contributed by atoms with E-state index in [0.717, 1.165) is 23.3 Å². The molecule has 0 saturated heterocycles. The summed E-state index contributed by atoms with van der Waals surface area (Å²) in [5.74, 6) is -2.88. The van der Waals surface area contributed by atoms with Gasteiger partial charge in [0.05, 0.1) is 12.0 Å². The second kappa shape index (κ2) is 13.3. The molecule has 2 fully saturated rings. The van der Waals surface area contributed by atoms with Crippen molar-refractivity contribution in [2.45, 2.75) is 75.9 Å². The number of benzene rings is 2. The summed E-state index contributed by atoms with van der Waals surface area (Å²) in [7, 11) is 0. The van der Waals surface area contributed by atoms with Gasteiger partial charge in [-0.3, -0.25) is 19.7 Å². The highest BCUT2D eigenvalue weighted by atomic mass is 16.5. The van der Waals surface area contributed by atoms with Crippen LogP contribution in [0.3, 0.4) is 0 Å². The van der Waals surface area contributed by atoms with Crippen LogP contribution < -0.4 is 15.4 Å². The number of amides is 4. The first kappa shape index (κ1) is 30.1. The number of rotatable bonds is 5. The number of carboxylic acids is 2. The number of ether oxygens (including phenoxy) is 1. The molecule has 1 atom stereocenters. The van der Waals surface area contributed by atoms with Gasteiger partial charge in [0.1, 0.15) is 11.8 Å². The quantitative estimate of drug-likeness (QED) is 0.391. The summed E-state index contributed by atoms with van der Waals surface area (Å²) < 4.78 is 5.96. The highest BCUT2D eigenvalue weighted by Gasteiger charge is 2.39. The number of urea groups is 1.